The molecule has 2 fully saturated rings. The summed E-state index contributed by atoms with van der Waals surface area (Å²) in [5.74, 6) is -2.08. The zero-order valence-corrected chi connectivity index (χ0v) is 13.8. The minimum absolute atomic E-state index is 0.214. The highest BCUT2D eigenvalue weighted by Crippen LogP contribution is 2.33. The van der Waals surface area contributed by atoms with E-state index in [-0.39, 0.29) is 18.9 Å². The Morgan fingerprint density at radius 3 is 2.88 bits per heavy atom. The summed E-state index contributed by atoms with van der Waals surface area (Å²) >= 11 is 0. The summed E-state index contributed by atoms with van der Waals surface area (Å²) < 4.78 is 37.2. The largest absolute Gasteiger partial charge is 0.379 e. The molecule has 1 unspecified atom stereocenters. The highest BCUT2D eigenvalue weighted by Gasteiger charge is 2.42. The molecule has 0 spiro atoms. The van der Waals surface area contributed by atoms with Crippen LogP contribution in [0.2, 0.25) is 0 Å². The first-order chi connectivity index (χ1) is 12.1. The predicted octanol–water partition coefficient (Wildman–Crippen LogP) is 2.24. The quantitative estimate of drug-likeness (QED) is 0.912. The van der Waals surface area contributed by atoms with E-state index in [0.29, 0.717) is 5.82 Å². The molecular weight excluding hydrogens is 330 g/mol. The number of nitrogens with one attached hydrogen (secondary N) is 1. The number of morpholine rings is 1. The summed E-state index contributed by atoms with van der Waals surface area (Å²) in [5.41, 5.74) is 1.97. The van der Waals surface area contributed by atoms with E-state index < -0.39 is 12.0 Å². The zero-order chi connectivity index (χ0) is 17.3. The Morgan fingerprint density at radius 1 is 1.28 bits per heavy atom. The number of rotatable bonds is 4. The van der Waals surface area contributed by atoms with E-state index in [1.165, 1.54) is 0 Å². The summed E-state index contributed by atoms with van der Waals surface area (Å²) in [6.45, 7) is 3.82. The first-order valence-electron chi connectivity index (χ1n) is 8.43. The van der Waals surface area contributed by atoms with Crippen LogP contribution in [0.25, 0.3) is 11.4 Å². The third-order valence-corrected chi connectivity index (χ3v) is 4.54. The van der Waals surface area contributed by atoms with Gasteiger partial charge in [-0.15, -0.1) is 0 Å². The third-order valence-electron chi connectivity index (χ3n) is 4.54. The van der Waals surface area contributed by atoms with Gasteiger partial charge in [0.25, 0.3) is 5.92 Å². The number of aromatic nitrogens is 2. The van der Waals surface area contributed by atoms with Gasteiger partial charge in [0.2, 0.25) is 11.7 Å². The second-order valence-electron chi connectivity index (χ2n) is 6.54. The maximum Gasteiger partial charge on any atom is 0.262 e. The van der Waals surface area contributed by atoms with E-state index in [1.54, 1.807) is 0 Å². The maximum atomic E-state index is 13.3. The van der Waals surface area contributed by atoms with Crippen LogP contribution in [-0.4, -0.2) is 53.8 Å². The number of halogens is 2. The van der Waals surface area contributed by atoms with E-state index in [0.717, 1.165) is 44.0 Å². The molecule has 0 saturated carbocycles. The number of benzene rings is 1. The standard InChI is InChI=1S/C17H20F2N4O2/c18-17(19)9-14(20-11-17)16-21-15(22-25-16)13-3-1-2-12(8-13)10-23-4-6-24-7-5-23/h1-3,8,14,20H,4-7,9-11H2. The molecule has 1 atom stereocenters. The SMILES string of the molecule is FC1(F)CNC(c2nc(-c3cccc(CN4CCOCC4)c3)no2)C1. The summed E-state index contributed by atoms with van der Waals surface area (Å²) in [5, 5.41) is 6.69. The zero-order valence-electron chi connectivity index (χ0n) is 13.8. The molecule has 0 aliphatic carbocycles. The van der Waals surface area contributed by atoms with Crippen molar-refractivity contribution in [3.8, 4) is 11.4 Å². The second kappa shape index (κ2) is 6.78. The lowest BCUT2D eigenvalue weighted by atomic mass is 10.1. The molecule has 134 valence electrons. The Labute approximate surface area is 144 Å². The van der Waals surface area contributed by atoms with Crippen molar-refractivity contribution in [2.75, 3.05) is 32.8 Å². The van der Waals surface area contributed by atoms with Gasteiger partial charge in [0.15, 0.2) is 0 Å². The monoisotopic (exact) mass is 350 g/mol. The highest BCUT2D eigenvalue weighted by atomic mass is 19.3. The van der Waals surface area contributed by atoms with Crippen LogP contribution >= 0.6 is 0 Å². The molecule has 1 aromatic carbocycles. The lowest BCUT2D eigenvalue weighted by Crippen LogP contribution is -2.35. The molecular formula is C17H20F2N4O2. The molecule has 4 rings (SSSR count). The van der Waals surface area contributed by atoms with Crippen LogP contribution in [0.1, 0.15) is 23.9 Å². The number of nitrogens with zero attached hydrogens (tertiary/aromatic N) is 3. The predicted molar refractivity (Wildman–Crippen MR) is 86.1 cm³/mol. The average molecular weight is 350 g/mol. The molecule has 25 heavy (non-hydrogen) atoms. The van der Waals surface area contributed by atoms with Gasteiger partial charge in [-0.25, -0.2) is 8.78 Å². The number of hydrogen-bond donors (Lipinski definition) is 1. The van der Waals surface area contributed by atoms with Crippen LogP contribution in [-0.2, 0) is 11.3 Å². The van der Waals surface area contributed by atoms with E-state index in [4.69, 9.17) is 9.26 Å². The number of ether oxygens (including phenoxy) is 1. The Morgan fingerprint density at radius 2 is 2.12 bits per heavy atom. The molecule has 1 aromatic heterocycles. The van der Waals surface area contributed by atoms with Crippen molar-refractivity contribution in [3.63, 3.8) is 0 Å². The lowest BCUT2D eigenvalue weighted by Gasteiger charge is -2.26. The fourth-order valence-corrected chi connectivity index (χ4v) is 3.21. The van der Waals surface area contributed by atoms with Gasteiger partial charge in [-0.05, 0) is 11.6 Å². The Bertz CT molecular complexity index is 731. The molecule has 2 aromatic rings. The lowest BCUT2D eigenvalue weighted by molar-refractivity contribution is 0.0200. The highest BCUT2D eigenvalue weighted by molar-refractivity contribution is 5.55. The average Bonchev–Trinajstić information content (AvgIpc) is 3.22. The van der Waals surface area contributed by atoms with Gasteiger partial charge in [0, 0.05) is 31.6 Å². The van der Waals surface area contributed by atoms with Crippen molar-refractivity contribution in [1.82, 2.24) is 20.4 Å². The van der Waals surface area contributed by atoms with Crippen LogP contribution in [0, 0.1) is 0 Å². The number of alkyl halides is 2. The summed E-state index contributed by atoms with van der Waals surface area (Å²) in [4.78, 5) is 6.64. The Balaban J connectivity index is 1.47. The second-order valence-corrected chi connectivity index (χ2v) is 6.54. The van der Waals surface area contributed by atoms with Crippen molar-refractivity contribution in [2.24, 2.45) is 0 Å². The van der Waals surface area contributed by atoms with Crippen LogP contribution in [0.15, 0.2) is 28.8 Å². The molecule has 2 saturated heterocycles. The molecule has 2 aliphatic heterocycles. The fraction of sp³-hybridized carbons (Fsp3) is 0.529. The first kappa shape index (κ1) is 16.6. The number of hydrogen-bond acceptors (Lipinski definition) is 6. The summed E-state index contributed by atoms with van der Waals surface area (Å²) in [7, 11) is 0. The third kappa shape index (κ3) is 3.86. The molecule has 2 aliphatic rings. The van der Waals surface area contributed by atoms with Gasteiger partial charge < -0.3 is 9.26 Å². The van der Waals surface area contributed by atoms with Crippen LogP contribution in [0.4, 0.5) is 8.78 Å². The van der Waals surface area contributed by atoms with Crippen LogP contribution in [0.5, 0.6) is 0 Å². The molecule has 8 heteroatoms. The molecule has 0 radical (unpaired) electrons. The smallest absolute Gasteiger partial charge is 0.262 e. The first-order valence-corrected chi connectivity index (χ1v) is 8.43. The molecule has 6 nitrogen and oxygen atoms in total. The minimum atomic E-state index is -2.72. The normalized spacial score (nSPS) is 23.8. The van der Waals surface area contributed by atoms with Gasteiger partial charge in [-0.3, -0.25) is 10.2 Å². The Kier molecular flexibility index (Phi) is 4.49. The van der Waals surface area contributed by atoms with Gasteiger partial charge >= 0.3 is 0 Å². The van der Waals surface area contributed by atoms with Crippen LogP contribution in [0.3, 0.4) is 0 Å². The topological polar surface area (TPSA) is 63.4 Å². The van der Waals surface area contributed by atoms with Crippen molar-refractivity contribution in [1.29, 1.82) is 0 Å². The summed E-state index contributed by atoms with van der Waals surface area (Å²) in [6.07, 6.45) is -0.314. The van der Waals surface area contributed by atoms with E-state index >= 15 is 0 Å². The Hall–Kier alpha value is -1.90. The van der Waals surface area contributed by atoms with E-state index in [1.807, 2.05) is 18.2 Å². The molecule has 3 heterocycles. The van der Waals surface area contributed by atoms with E-state index in [9.17, 15) is 8.78 Å². The molecule has 0 bridgehead atoms. The van der Waals surface area contributed by atoms with Gasteiger partial charge in [-0.2, -0.15) is 4.98 Å². The summed E-state index contributed by atoms with van der Waals surface area (Å²) in [6, 6.07) is 7.32. The minimum Gasteiger partial charge on any atom is -0.379 e. The van der Waals surface area contributed by atoms with Gasteiger partial charge in [0.1, 0.15) is 0 Å². The van der Waals surface area contributed by atoms with E-state index in [2.05, 4.69) is 26.4 Å². The van der Waals surface area contributed by atoms with Crippen LogP contribution < -0.4 is 5.32 Å². The van der Waals surface area contributed by atoms with Crippen molar-refractivity contribution in [3.05, 3.63) is 35.7 Å². The molecule has 0 amide bonds. The fourth-order valence-electron chi connectivity index (χ4n) is 3.21. The maximum absolute atomic E-state index is 13.3. The van der Waals surface area contributed by atoms with Gasteiger partial charge in [-0.1, -0.05) is 23.4 Å². The van der Waals surface area contributed by atoms with Crippen molar-refractivity contribution < 1.29 is 18.0 Å². The molecule has 1 N–H and O–H groups in total. The van der Waals surface area contributed by atoms with Gasteiger partial charge in [0.05, 0.1) is 25.8 Å². The van der Waals surface area contributed by atoms with Crippen molar-refractivity contribution in [2.45, 2.75) is 24.9 Å². The van der Waals surface area contributed by atoms with Crippen molar-refractivity contribution >= 4 is 0 Å².